The van der Waals surface area contributed by atoms with Crippen LogP contribution in [0.5, 0.6) is 5.75 Å². The van der Waals surface area contributed by atoms with Crippen molar-refractivity contribution >= 4 is 11.8 Å². The molecule has 0 aromatic heterocycles. The fraction of sp³-hybridized carbons (Fsp3) is 0.300. The number of carbonyl (C=O) groups excluding carboxylic acids is 2. The lowest BCUT2D eigenvalue weighted by Crippen LogP contribution is -2.48. The highest BCUT2D eigenvalue weighted by Gasteiger charge is 2.34. The van der Waals surface area contributed by atoms with Gasteiger partial charge in [-0.15, -0.1) is 0 Å². The van der Waals surface area contributed by atoms with Gasteiger partial charge in [-0.05, 0) is 35.9 Å². The Balaban J connectivity index is 1.96. The molecule has 2 aromatic rings. The second-order valence-electron chi connectivity index (χ2n) is 6.20. The lowest BCUT2D eigenvalue weighted by atomic mass is 10.2. The monoisotopic (exact) mass is 410 g/mol. The Morgan fingerprint density at radius 1 is 1.14 bits per heavy atom. The van der Waals surface area contributed by atoms with Crippen LogP contribution < -0.4 is 15.4 Å². The summed E-state index contributed by atoms with van der Waals surface area (Å²) in [6.45, 7) is 1.40. The first kappa shape index (κ1) is 22.2. The summed E-state index contributed by atoms with van der Waals surface area (Å²) in [5, 5.41) is 5.09. The summed E-state index contributed by atoms with van der Waals surface area (Å²) in [6, 6.07) is 8.79. The van der Waals surface area contributed by atoms with Crippen molar-refractivity contribution in [1.82, 2.24) is 10.6 Å². The van der Waals surface area contributed by atoms with Crippen LogP contribution in [0.15, 0.2) is 48.5 Å². The summed E-state index contributed by atoms with van der Waals surface area (Å²) in [4.78, 5) is 23.3. The summed E-state index contributed by atoms with van der Waals surface area (Å²) >= 11 is 0. The third-order valence-electron chi connectivity index (χ3n) is 3.82. The lowest BCUT2D eigenvalue weighted by Gasteiger charge is -2.19. The number of halogens is 3. The summed E-state index contributed by atoms with van der Waals surface area (Å²) in [7, 11) is 1.40. The lowest BCUT2D eigenvalue weighted by molar-refractivity contribution is -0.185. The molecule has 0 unspecified atom stereocenters. The number of amides is 2. The van der Waals surface area contributed by atoms with E-state index in [9.17, 15) is 22.8 Å². The highest BCUT2D eigenvalue weighted by Crippen LogP contribution is 2.31. The van der Waals surface area contributed by atoms with E-state index in [0.717, 1.165) is 12.1 Å². The number of carbonyl (C=O) groups is 2. The average Bonchev–Trinajstić information content (AvgIpc) is 2.66. The summed E-state index contributed by atoms with van der Waals surface area (Å²) in [6.07, 6.45) is -3.70. The summed E-state index contributed by atoms with van der Waals surface area (Å²) in [5.41, 5.74) is 0.0229. The molecular weight excluding hydrogens is 389 g/mol. The van der Waals surface area contributed by atoms with E-state index in [1.807, 2.05) is 0 Å². The molecule has 0 heterocycles. The predicted molar refractivity (Wildman–Crippen MR) is 98.7 cm³/mol. The Hall–Kier alpha value is -3.07. The third-order valence-corrected chi connectivity index (χ3v) is 3.82. The summed E-state index contributed by atoms with van der Waals surface area (Å²) < 4.78 is 51.0. The number of methoxy groups -OCH3 is 1. The molecule has 0 spiro atoms. The Bertz CT molecular complexity index is 844. The van der Waals surface area contributed by atoms with E-state index in [-0.39, 0.29) is 24.8 Å². The molecule has 156 valence electrons. The van der Waals surface area contributed by atoms with Crippen LogP contribution in [0, 0.1) is 5.82 Å². The minimum atomic E-state index is -3.70. The van der Waals surface area contributed by atoms with Crippen LogP contribution in [0.1, 0.15) is 18.1 Å². The molecule has 1 atom stereocenters. The number of nitrogens with one attached hydrogen (secondary N) is 2. The van der Waals surface area contributed by atoms with Crippen LogP contribution in [0.25, 0.3) is 0 Å². The summed E-state index contributed by atoms with van der Waals surface area (Å²) in [5.74, 6) is -1.73. The zero-order valence-corrected chi connectivity index (χ0v) is 15.9. The Morgan fingerprint density at radius 3 is 2.41 bits per heavy atom. The average molecular weight is 410 g/mol. The van der Waals surface area contributed by atoms with Gasteiger partial charge in [-0.3, -0.25) is 9.59 Å². The van der Waals surface area contributed by atoms with E-state index < -0.39 is 29.4 Å². The molecule has 29 heavy (non-hydrogen) atoms. The minimum Gasteiger partial charge on any atom is -0.429 e. The van der Waals surface area contributed by atoms with Gasteiger partial charge < -0.3 is 20.1 Å². The van der Waals surface area contributed by atoms with Gasteiger partial charge in [-0.1, -0.05) is 18.2 Å². The van der Waals surface area contributed by atoms with Crippen molar-refractivity contribution in [2.45, 2.75) is 25.6 Å². The molecule has 2 amide bonds. The molecule has 0 bridgehead atoms. The largest absolute Gasteiger partial charge is 0.429 e. The van der Waals surface area contributed by atoms with Crippen LogP contribution in [-0.2, 0) is 27.0 Å². The van der Waals surface area contributed by atoms with E-state index in [4.69, 9.17) is 4.74 Å². The number of benzene rings is 2. The van der Waals surface area contributed by atoms with Crippen molar-refractivity contribution in [3.05, 3.63) is 65.5 Å². The maximum atomic E-state index is 14.1. The van der Waals surface area contributed by atoms with Gasteiger partial charge in [0.2, 0.25) is 11.8 Å². The molecule has 0 aliphatic rings. The normalized spacial score (nSPS) is 12.2. The topological polar surface area (TPSA) is 76.7 Å². The van der Waals surface area contributed by atoms with Gasteiger partial charge in [0.25, 0.3) is 0 Å². The molecule has 2 aromatic carbocycles. The third kappa shape index (κ3) is 6.79. The number of ether oxygens (including phenoxy) is 2. The van der Waals surface area contributed by atoms with Gasteiger partial charge in [0.05, 0.1) is 12.2 Å². The quantitative estimate of drug-likeness (QED) is 0.667. The van der Waals surface area contributed by atoms with Gasteiger partial charge in [0.1, 0.15) is 17.6 Å². The Labute approximate surface area is 166 Å². The highest BCUT2D eigenvalue weighted by molar-refractivity contribution is 5.86. The number of hydrogen-bond donors (Lipinski definition) is 2. The second-order valence-corrected chi connectivity index (χ2v) is 6.20. The SMILES string of the molecule is COC[C@@H](NC(C)=O)C(=O)NCc1ccc(OC(F)(F)c2cccc(F)c2)cc1. The second kappa shape index (κ2) is 9.92. The van der Waals surface area contributed by atoms with Gasteiger partial charge in [0, 0.05) is 20.6 Å². The fourth-order valence-corrected chi connectivity index (χ4v) is 2.46. The standard InChI is InChI=1S/C20H21F3N2O4/c1-13(26)25-18(12-28-2)19(27)24-11-14-6-8-17(9-7-14)29-20(22,23)15-4-3-5-16(21)10-15/h3-10,18H,11-12H2,1-2H3,(H,24,27)(H,25,26)/t18-/m1/s1. The molecule has 2 rings (SSSR count). The molecule has 0 saturated heterocycles. The van der Waals surface area contributed by atoms with Gasteiger partial charge in [0.15, 0.2) is 0 Å². The van der Waals surface area contributed by atoms with Gasteiger partial charge in [-0.25, -0.2) is 4.39 Å². The Morgan fingerprint density at radius 2 is 1.83 bits per heavy atom. The van der Waals surface area contributed by atoms with E-state index >= 15 is 0 Å². The van der Waals surface area contributed by atoms with E-state index in [1.165, 1.54) is 44.4 Å². The molecule has 0 aliphatic heterocycles. The Kier molecular flexibility index (Phi) is 7.60. The van der Waals surface area contributed by atoms with E-state index in [1.54, 1.807) is 0 Å². The van der Waals surface area contributed by atoms with Crippen molar-refractivity contribution in [3.8, 4) is 5.75 Å². The molecule has 0 aliphatic carbocycles. The first-order valence-electron chi connectivity index (χ1n) is 8.67. The predicted octanol–water partition coefficient (Wildman–Crippen LogP) is 2.72. The molecule has 0 radical (unpaired) electrons. The van der Waals surface area contributed by atoms with Gasteiger partial charge >= 0.3 is 6.11 Å². The zero-order chi connectivity index (χ0) is 21.4. The smallest absolute Gasteiger partial charge is 0.426 e. The zero-order valence-electron chi connectivity index (χ0n) is 15.9. The first-order valence-corrected chi connectivity index (χ1v) is 8.67. The maximum absolute atomic E-state index is 14.1. The van der Waals surface area contributed by atoms with Crippen molar-refractivity contribution in [2.24, 2.45) is 0 Å². The number of hydrogen-bond acceptors (Lipinski definition) is 4. The fourth-order valence-electron chi connectivity index (χ4n) is 2.46. The molecule has 0 fully saturated rings. The molecular formula is C20H21F3N2O4. The van der Waals surface area contributed by atoms with Crippen molar-refractivity contribution in [1.29, 1.82) is 0 Å². The number of alkyl halides is 2. The van der Waals surface area contributed by atoms with Crippen LogP contribution in [0.3, 0.4) is 0 Å². The van der Waals surface area contributed by atoms with Crippen LogP contribution >= 0.6 is 0 Å². The molecule has 9 heteroatoms. The van der Waals surface area contributed by atoms with Crippen LogP contribution in [0.2, 0.25) is 0 Å². The molecule has 0 saturated carbocycles. The van der Waals surface area contributed by atoms with Crippen molar-refractivity contribution in [2.75, 3.05) is 13.7 Å². The van der Waals surface area contributed by atoms with Gasteiger partial charge in [-0.2, -0.15) is 8.78 Å². The highest BCUT2D eigenvalue weighted by atomic mass is 19.3. The van der Waals surface area contributed by atoms with Crippen LogP contribution in [-0.4, -0.2) is 31.6 Å². The maximum Gasteiger partial charge on any atom is 0.426 e. The molecule has 2 N–H and O–H groups in total. The van der Waals surface area contributed by atoms with E-state index in [0.29, 0.717) is 11.6 Å². The van der Waals surface area contributed by atoms with Crippen molar-refractivity contribution < 1.29 is 32.2 Å². The minimum absolute atomic E-state index is 0.00730. The van der Waals surface area contributed by atoms with Crippen LogP contribution in [0.4, 0.5) is 13.2 Å². The molecule has 6 nitrogen and oxygen atoms in total. The first-order chi connectivity index (χ1) is 13.7. The number of rotatable bonds is 9. The van der Waals surface area contributed by atoms with Crippen molar-refractivity contribution in [3.63, 3.8) is 0 Å². The van der Waals surface area contributed by atoms with E-state index in [2.05, 4.69) is 15.4 Å².